The van der Waals surface area contributed by atoms with E-state index < -0.39 is 10.4 Å². The third kappa shape index (κ3) is 10.2. The summed E-state index contributed by atoms with van der Waals surface area (Å²) in [4.78, 5) is 0. The van der Waals surface area contributed by atoms with Crippen molar-refractivity contribution in [2.45, 2.75) is 0 Å². The number of aliphatic hydroxyl groups excluding tert-OH is 1. The van der Waals surface area contributed by atoms with Gasteiger partial charge in [-0.15, -0.1) is 0 Å². The second-order valence-electron chi connectivity index (χ2n) is 1.59. The molecule has 0 rings (SSSR count). The van der Waals surface area contributed by atoms with E-state index in [0.717, 1.165) is 0 Å². The fourth-order valence-electron chi connectivity index (χ4n) is 0.365. The number of hydrogen-bond donors (Lipinski definition) is 2. The molecule has 0 saturated heterocycles. The third-order valence-electron chi connectivity index (χ3n) is 0.696. The zero-order valence-corrected chi connectivity index (χ0v) is 7.40. The molecule has 0 aromatic heterocycles. The largest absolute Gasteiger partial charge is 0.397 e. The van der Waals surface area contributed by atoms with E-state index in [4.69, 9.17) is 9.66 Å². The molecule has 0 aliphatic heterocycles. The van der Waals surface area contributed by atoms with Gasteiger partial charge in [0.25, 0.3) is 0 Å². The quantitative estimate of drug-likeness (QED) is 0.447. The summed E-state index contributed by atoms with van der Waals surface area (Å²) in [7, 11) is -4.29. The van der Waals surface area contributed by atoms with Crippen molar-refractivity contribution < 1.29 is 22.3 Å². The van der Waals surface area contributed by atoms with Crippen LogP contribution in [0.5, 0.6) is 0 Å². The summed E-state index contributed by atoms with van der Waals surface area (Å²) < 4.78 is 31.9. The van der Waals surface area contributed by atoms with Crippen LogP contribution in [0.25, 0.3) is 0 Å². The van der Waals surface area contributed by atoms with Crippen LogP contribution in [0.4, 0.5) is 0 Å². The van der Waals surface area contributed by atoms with E-state index in [1.165, 1.54) is 11.8 Å². The van der Waals surface area contributed by atoms with Crippen molar-refractivity contribution in [1.29, 1.82) is 0 Å². The van der Waals surface area contributed by atoms with Gasteiger partial charge >= 0.3 is 10.4 Å². The predicted molar refractivity (Wildman–Crippen MR) is 41.9 cm³/mol. The highest BCUT2D eigenvalue weighted by molar-refractivity contribution is 7.99. The van der Waals surface area contributed by atoms with Crippen molar-refractivity contribution >= 4 is 22.2 Å². The van der Waals surface area contributed by atoms with Gasteiger partial charge in [-0.1, -0.05) is 0 Å². The van der Waals surface area contributed by atoms with Crippen LogP contribution in [0.2, 0.25) is 0 Å². The maximum absolute atomic E-state index is 9.94. The first-order chi connectivity index (χ1) is 5.06. The van der Waals surface area contributed by atoms with Gasteiger partial charge in [0.2, 0.25) is 0 Å². The van der Waals surface area contributed by atoms with E-state index in [1.807, 2.05) is 0 Å². The lowest BCUT2D eigenvalue weighted by molar-refractivity contribution is 0.285. The fraction of sp³-hybridized carbons (Fsp3) is 1.00. The minimum atomic E-state index is -4.29. The van der Waals surface area contributed by atoms with E-state index in [9.17, 15) is 8.42 Å². The summed E-state index contributed by atoms with van der Waals surface area (Å²) in [6, 6.07) is 0. The molecule has 0 unspecified atom stereocenters. The van der Waals surface area contributed by atoms with Gasteiger partial charge in [0, 0.05) is 11.5 Å². The molecular formula is C4H10O5S2. The number of hydrogen-bond acceptors (Lipinski definition) is 5. The average Bonchev–Trinajstić information content (AvgIpc) is 1.85. The molecule has 0 aromatic carbocycles. The third-order valence-corrected chi connectivity index (χ3v) is 2.09. The predicted octanol–water partition coefficient (Wildman–Crippen LogP) is -0.469. The highest BCUT2D eigenvalue weighted by atomic mass is 32.3. The molecule has 0 bridgehead atoms. The van der Waals surface area contributed by atoms with Gasteiger partial charge in [-0.2, -0.15) is 20.2 Å². The molecule has 0 heterocycles. The van der Waals surface area contributed by atoms with E-state index >= 15 is 0 Å². The lowest BCUT2D eigenvalue weighted by Gasteiger charge is -1.98. The van der Waals surface area contributed by atoms with Crippen LogP contribution in [0.15, 0.2) is 0 Å². The summed E-state index contributed by atoms with van der Waals surface area (Å²) in [6.45, 7) is -0.0138. The topological polar surface area (TPSA) is 83.8 Å². The maximum atomic E-state index is 9.94. The van der Waals surface area contributed by atoms with Gasteiger partial charge in [0.15, 0.2) is 0 Å². The molecule has 68 valence electrons. The zero-order chi connectivity index (χ0) is 8.74. The Kier molecular flexibility index (Phi) is 5.88. The Balaban J connectivity index is 3.16. The zero-order valence-electron chi connectivity index (χ0n) is 5.76. The molecule has 0 aliphatic rings. The monoisotopic (exact) mass is 202 g/mol. The first-order valence-corrected chi connectivity index (χ1v) is 5.38. The Morgan fingerprint density at radius 1 is 1.36 bits per heavy atom. The van der Waals surface area contributed by atoms with Crippen LogP contribution in [-0.2, 0) is 14.6 Å². The van der Waals surface area contributed by atoms with Crippen molar-refractivity contribution in [1.82, 2.24) is 0 Å². The van der Waals surface area contributed by atoms with Crippen LogP contribution < -0.4 is 0 Å². The highest BCUT2D eigenvalue weighted by Gasteiger charge is 2.02. The second kappa shape index (κ2) is 5.78. The first kappa shape index (κ1) is 11.2. The van der Waals surface area contributed by atoms with Crippen molar-refractivity contribution in [3.63, 3.8) is 0 Å². The molecule has 0 saturated carbocycles. The van der Waals surface area contributed by atoms with Crippen LogP contribution in [0.3, 0.4) is 0 Å². The summed E-state index contributed by atoms with van der Waals surface area (Å²) in [5.74, 6) is 0.967. The Morgan fingerprint density at radius 2 is 2.00 bits per heavy atom. The van der Waals surface area contributed by atoms with Gasteiger partial charge in [0.1, 0.15) is 0 Å². The average molecular weight is 202 g/mol. The van der Waals surface area contributed by atoms with Gasteiger partial charge in [-0.25, -0.2) is 4.18 Å². The molecule has 0 fully saturated rings. The molecular weight excluding hydrogens is 192 g/mol. The molecule has 0 atom stereocenters. The lowest BCUT2D eigenvalue weighted by Crippen LogP contribution is -2.06. The van der Waals surface area contributed by atoms with Gasteiger partial charge in [0.05, 0.1) is 13.2 Å². The van der Waals surface area contributed by atoms with Gasteiger partial charge in [-0.05, 0) is 0 Å². The Bertz CT molecular complexity index is 175. The van der Waals surface area contributed by atoms with Crippen molar-refractivity contribution in [3.8, 4) is 0 Å². The molecule has 0 amide bonds. The number of thioether (sulfide) groups is 1. The lowest BCUT2D eigenvalue weighted by atomic mass is 10.9. The molecule has 0 spiro atoms. The Labute approximate surface area is 69.7 Å². The smallest absolute Gasteiger partial charge is 0.396 e. The summed E-state index contributed by atoms with van der Waals surface area (Å²) >= 11 is 1.34. The van der Waals surface area contributed by atoms with Crippen LogP contribution >= 0.6 is 11.8 Å². The molecule has 2 N–H and O–H groups in total. The molecule has 0 aromatic rings. The van der Waals surface area contributed by atoms with Gasteiger partial charge < -0.3 is 5.11 Å². The van der Waals surface area contributed by atoms with Crippen molar-refractivity contribution in [2.24, 2.45) is 0 Å². The highest BCUT2D eigenvalue weighted by Crippen LogP contribution is 1.98. The summed E-state index contributed by atoms with van der Waals surface area (Å²) in [6.07, 6.45) is 0. The van der Waals surface area contributed by atoms with Crippen molar-refractivity contribution in [3.05, 3.63) is 0 Å². The first-order valence-electron chi connectivity index (χ1n) is 2.86. The molecule has 0 radical (unpaired) electrons. The Hall–Kier alpha value is 0.180. The van der Waals surface area contributed by atoms with E-state index in [-0.39, 0.29) is 13.2 Å². The molecule has 11 heavy (non-hydrogen) atoms. The molecule has 5 nitrogen and oxygen atoms in total. The van der Waals surface area contributed by atoms with Crippen LogP contribution in [0.1, 0.15) is 0 Å². The molecule has 0 aliphatic carbocycles. The maximum Gasteiger partial charge on any atom is 0.397 e. The minimum absolute atomic E-state index is 0.0521. The normalized spacial score (nSPS) is 11.8. The minimum Gasteiger partial charge on any atom is -0.396 e. The number of aliphatic hydroxyl groups is 1. The van der Waals surface area contributed by atoms with E-state index in [0.29, 0.717) is 11.5 Å². The summed E-state index contributed by atoms with van der Waals surface area (Å²) in [5, 5.41) is 8.30. The summed E-state index contributed by atoms with van der Waals surface area (Å²) in [5.41, 5.74) is 0. The van der Waals surface area contributed by atoms with Gasteiger partial charge in [-0.3, -0.25) is 4.55 Å². The van der Waals surface area contributed by atoms with Crippen molar-refractivity contribution in [2.75, 3.05) is 24.7 Å². The van der Waals surface area contributed by atoms with E-state index in [1.54, 1.807) is 0 Å². The molecule has 7 heteroatoms. The second-order valence-corrected chi connectivity index (χ2v) is 3.90. The van der Waals surface area contributed by atoms with Crippen LogP contribution in [0, 0.1) is 0 Å². The number of rotatable bonds is 6. The van der Waals surface area contributed by atoms with E-state index in [2.05, 4.69) is 4.18 Å². The SMILES string of the molecule is O=S(=O)(O)OCCSCCO. The fourth-order valence-corrected chi connectivity index (χ4v) is 1.30. The van der Waals surface area contributed by atoms with Crippen LogP contribution in [-0.4, -0.2) is 42.8 Å². The Morgan fingerprint density at radius 3 is 2.45 bits per heavy atom. The standard InChI is InChI=1S/C4H10O5S2/c5-1-3-10-4-2-9-11(6,7)8/h5H,1-4H2,(H,6,7,8).